The molecule has 114 valence electrons. The summed E-state index contributed by atoms with van der Waals surface area (Å²) in [6, 6.07) is 8.70. The van der Waals surface area contributed by atoms with Gasteiger partial charge in [0.15, 0.2) is 0 Å². The average molecular weight is 289 g/mol. The molecule has 2 rings (SSSR count). The Hall–Kier alpha value is -1.84. The molecule has 1 aliphatic rings. The minimum Gasteiger partial charge on any atom is -0.481 e. The number of benzene rings is 1. The number of fused-ring (bicyclic) bond motifs is 1. The number of amides is 1. The molecule has 1 aliphatic carbocycles. The third kappa shape index (κ3) is 4.31. The molecule has 21 heavy (non-hydrogen) atoms. The maximum atomic E-state index is 12.2. The maximum Gasteiger partial charge on any atom is 0.303 e. The van der Waals surface area contributed by atoms with Crippen LogP contribution in [0.3, 0.4) is 0 Å². The molecule has 0 saturated carbocycles. The second-order valence-electron chi connectivity index (χ2n) is 5.77. The lowest BCUT2D eigenvalue weighted by molar-refractivity contribution is -0.137. The van der Waals surface area contributed by atoms with Gasteiger partial charge in [-0.05, 0) is 43.2 Å². The van der Waals surface area contributed by atoms with Gasteiger partial charge in [0.05, 0.1) is 0 Å². The van der Waals surface area contributed by atoms with Crippen molar-refractivity contribution in [3.05, 3.63) is 35.4 Å². The SMILES string of the molecule is CN(C(=O)CCCCC(=O)O)C1CCc2ccccc2C1. The van der Waals surface area contributed by atoms with Crippen molar-refractivity contribution in [3.63, 3.8) is 0 Å². The molecule has 1 atom stereocenters. The molecule has 0 spiro atoms. The van der Waals surface area contributed by atoms with E-state index in [2.05, 4.69) is 24.3 Å². The Morgan fingerprint density at radius 1 is 1.19 bits per heavy atom. The number of nitrogens with zero attached hydrogens (tertiary/aromatic N) is 1. The minimum absolute atomic E-state index is 0.129. The number of carbonyl (C=O) groups excluding carboxylic acids is 1. The molecule has 0 heterocycles. The number of carboxylic acid groups (broad SMARTS) is 1. The maximum absolute atomic E-state index is 12.2. The fourth-order valence-electron chi connectivity index (χ4n) is 2.94. The molecular weight excluding hydrogens is 266 g/mol. The zero-order chi connectivity index (χ0) is 15.2. The first-order valence-corrected chi connectivity index (χ1v) is 7.62. The van der Waals surface area contributed by atoms with Crippen LogP contribution in [0.1, 0.15) is 43.2 Å². The minimum atomic E-state index is -0.792. The molecule has 1 amide bonds. The number of aryl methyl sites for hydroxylation is 1. The van der Waals surface area contributed by atoms with Crippen LogP contribution < -0.4 is 0 Å². The van der Waals surface area contributed by atoms with Crippen LogP contribution in [0.15, 0.2) is 24.3 Å². The highest BCUT2D eigenvalue weighted by molar-refractivity contribution is 5.76. The lowest BCUT2D eigenvalue weighted by Gasteiger charge is -2.32. The van der Waals surface area contributed by atoms with E-state index in [0.717, 1.165) is 19.3 Å². The molecule has 4 nitrogen and oxygen atoms in total. The molecule has 0 fully saturated rings. The molecule has 4 heteroatoms. The van der Waals surface area contributed by atoms with E-state index in [4.69, 9.17) is 5.11 Å². The standard InChI is InChI=1S/C17H23NO3/c1-18(16(19)8-4-5-9-17(20)21)15-11-10-13-6-2-3-7-14(13)12-15/h2-3,6-7,15H,4-5,8-12H2,1H3,(H,20,21). The van der Waals surface area contributed by atoms with Crippen LogP contribution in [0.25, 0.3) is 0 Å². The molecule has 0 aliphatic heterocycles. The Balaban J connectivity index is 1.82. The van der Waals surface area contributed by atoms with E-state index in [1.807, 2.05) is 11.9 Å². The van der Waals surface area contributed by atoms with Gasteiger partial charge in [-0.25, -0.2) is 0 Å². The Labute approximate surface area is 125 Å². The van der Waals surface area contributed by atoms with Gasteiger partial charge in [0.2, 0.25) is 5.91 Å². The molecule has 1 unspecified atom stereocenters. The van der Waals surface area contributed by atoms with E-state index in [1.165, 1.54) is 11.1 Å². The average Bonchev–Trinajstić information content (AvgIpc) is 2.50. The fraction of sp³-hybridized carbons (Fsp3) is 0.529. The van der Waals surface area contributed by atoms with Crippen LogP contribution in [0.5, 0.6) is 0 Å². The number of rotatable bonds is 6. The summed E-state index contributed by atoms with van der Waals surface area (Å²) in [6.45, 7) is 0. The van der Waals surface area contributed by atoms with Gasteiger partial charge < -0.3 is 10.0 Å². The summed E-state index contributed by atoms with van der Waals surface area (Å²) in [5.41, 5.74) is 2.75. The van der Waals surface area contributed by atoms with E-state index >= 15 is 0 Å². The number of carboxylic acids is 1. The first kappa shape index (κ1) is 15.5. The van der Waals surface area contributed by atoms with Crippen molar-refractivity contribution >= 4 is 11.9 Å². The summed E-state index contributed by atoms with van der Waals surface area (Å²) in [7, 11) is 1.87. The van der Waals surface area contributed by atoms with Gasteiger partial charge in [-0.15, -0.1) is 0 Å². The second-order valence-corrected chi connectivity index (χ2v) is 5.77. The Morgan fingerprint density at radius 2 is 1.86 bits per heavy atom. The van der Waals surface area contributed by atoms with Crippen molar-refractivity contribution in [2.75, 3.05) is 7.05 Å². The lowest BCUT2D eigenvalue weighted by Crippen LogP contribution is -2.40. The van der Waals surface area contributed by atoms with Crippen LogP contribution in [0, 0.1) is 0 Å². The van der Waals surface area contributed by atoms with Gasteiger partial charge in [0.1, 0.15) is 0 Å². The van der Waals surface area contributed by atoms with Gasteiger partial charge in [-0.2, -0.15) is 0 Å². The third-order valence-corrected chi connectivity index (χ3v) is 4.29. The van der Waals surface area contributed by atoms with Crippen LogP contribution in [-0.2, 0) is 22.4 Å². The summed E-state index contributed by atoms with van der Waals surface area (Å²) in [4.78, 5) is 24.5. The van der Waals surface area contributed by atoms with E-state index in [1.54, 1.807) is 0 Å². The molecule has 1 aromatic carbocycles. The van der Waals surface area contributed by atoms with Crippen molar-refractivity contribution in [2.45, 2.75) is 51.0 Å². The van der Waals surface area contributed by atoms with Crippen molar-refractivity contribution in [2.24, 2.45) is 0 Å². The topological polar surface area (TPSA) is 57.6 Å². The van der Waals surface area contributed by atoms with E-state index in [0.29, 0.717) is 19.3 Å². The quantitative estimate of drug-likeness (QED) is 0.819. The van der Waals surface area contributed by atoms with E-state index in [9.17, 15) is 9.59 Å². The molecule has 0 saturated heterocycles. The predicted octanol–water partition coefficient (Wildman–Crippen LogP) is 2.65. The van der Waals surface area contributed by atoms with E-state index in [-0.39, 0.29) is 18.4 Å². The van der Waals surface area contributed by atoms with Gasteiger partial charge in [0.25, 0.3) is 0 Å². The Morgan fingerprint density at radius 3 is 2.57 bits per heavy atom. The van der Waals surface area contributed by atoms with E-state index < -0.39 is 5.97 Å². The molecule has 0 radical (unpaired) electrons. The highest BCUT2D eigenvalue weighted by atomic mass is 16.4. The third-order valence-electron chi connectivity index (χ3n) is 4.29. The smallest absolute Gasteiger partial charge is 0.303 e. The van der Waals surface area contributed by atoms with Gasteiger partial charge in [0, 0.05) is 25.9 Å². The summed E-state index contributed by atoms with van der Waals surface area (Å²) in [6.07, 6.45) is 4.77. The second kappa shape index (κ2) is 7.25. The highest BCUT2D eigenvalue weighted by Gasteiger charge is 2.24. The number of hydrogen-bond donors (Lipinski definition) is 1. The van der Waals surface area contributed by atoms with Crippen LogP contribution in [-0.4, -0.2) is 35.0 Å². The zero-order valence-corrected chi connectivity index (χ0v) is 12.5. The van der Waals surface area contributed by atoms with Crippen molar-refractivity contribution in [1.82, 2.24) is 4.90 Å². The van der Waals surface area contributed by atoms with Gasteiger partial charge in [-0.1, -0.05) is 24.3 Å². The molecule has 0 aromatic heterocycles. The number of carbonyl (C=O) groups is 2. The molecule has 1 aromatic rings. The molecular formula is C17H23NO3. The normalized spacial score (nSPS) is 17.1. The Bertz CT molecular complexity index is 513. The fourth-order valence-corrected chi connectivity index (χ4v) is 2.94. The summed E-state index contributed by atoms with van der Waals surface area (Å²) < 4.78 is 0. The van der Waals surface area contributed by atoms with Crippen LogP contribution in [0.2, 0.25) is 0 Å². The number of hydrogen-bond acceptors (Lipinski definition) is 2. The summed E-state index contributed by atoms with van der Waals surface area (Å²) in [5, 5.41) is 8.59. The highest BCUT2D eigenvalue weighted by Crippen LogP contribution is 2.24. The van der Waals surface area contributed by atoms with Crippen LogP contribution >= 0.6 is 0 Å². The number of likely N-dealkylation sites (N-methyl/N-ethyl adjacent to an activating group) is 1. The predicted molar refractivity (Wildman–Crippen MR) is 81.1 cm³/mol. The first-order chi connectivity index (χ1) is 10.1. The van der Waals surface area contributed by atoms with Crippen LogP contribution in [0.4, 0.5) is 0 Å². The Kier molecular flexibility index (Phi) is 5.37. The monoisotopic (exact) mass is 289 g/mol. The summed E-state index contributed by atoms with van der Waals surface area (Å²) >= 11 is 0. The summed E-state index contributed by atoms with van der Waals surface area (Å²) in [5.74, 6) is -0.663. The van der Waals surface area contributed by atoms with Crippen molar-refractivity contribution in [3.8, 4) is 0 Å². The lowest BCUT2D eigenvalue weighted by atomic mass is 9.87. The van der Waals surface area contributed by atoms with Crippen molar-refractivity contribution in [1.29, 1.82) is 0 Å². The van der Waals surface area contributed by atoms with Crippen molar-refractivity contribution < 1.29 is 14.7 Å². The zero-order valence-electron chi connectivity index (χ0n) is 12.5. The molecule has 0 bridgehead atoms. The first-order valence-electron chi connectivity index (χ1n) is 7.62. The molecule has 1 N–H and O–H groups in total. The largest absolute Gasteiger partial charge is 0.481 e. The number of unbranched alkanes of at least 4 members (excludes halogenated alkanes) is 1. The van der Waals surface area contributed by atoms with Gasteiger partial charge in [-0.3, -0.25) is 9.59 Å². The van der Waals surface area contributed by atoms with Gasteiger partial charge >= 0.3 is 5.97 Å². The number of aliphatic carboxylic acids is 1.